The predicted octanol–water partition coefficient (Wildman–Crippen LogP) is 5.23. The van der Waals surface area contributed by atoms with Crippen molar-refractivity contribution >= 4 is 38.2 Å². The minimum absolute atomic E-state index is 0.191. The number of piperazine rings is 1. The summed E-state index contributed by atoms with van der Waals surface area (Å²) in [6.07, 6.45) is 3.43. The number of hydrogen-bond acceptors (Lipinski definition) is 5. The van der Waals surface area contributed by atoms with E-state index >= 15 is 0 Å². The molecule has 0 spiro atoms. The number of fused-ring (bicyclic) bond motifs is 1. The number of ether oxygens (including phenoxy) is 1. The molecule has 9 heteroatoms. The Bertz CT molecular complexity index is 1480. The maximum absolute atomic E-state index is 13.2. The summed E-state index contributed by atoms with van der Waals surface area (Å²) >= 11 is 6.20. The fraction of sp³-hybridized carbons (Fsp3) is 0.310. The molecule has 1 aliphatic rings. The van der Waals surface area contributed by atoms with Crippen LogP contribution in [0.4, 0.5) is 5.69 Å². The molecule has 3 aromatic carbocycles. The number of sulfonamides is 1. The Morgan fingerprint density at radius 1 is 0.974 bits per heavy atom. The van der Waals surface area contributed by atoms with Crippen LogP contribution in [-0.2, 0) is 16.4 Å². The van der Waals surface area contributed by atoms with E-state index < -0.39 is 10.0 Å². The van der Waals surface area contributed by atoms with E-state index in [9.17, 15) is 8.42 Å². The van der Waals surface area contributed by atoms with Gasteiger partial charge in [0.15, 0.2) is 0 Å². The lowest BCUT2D eigenvalue weighted by molar-refractivity contribution is 0.145. The van der Waals surface area contributed by atoms with Crippen LogP contribution >= 0.6 is 11.6 Å². The molecular formula is C29H33ClN4O3S. The fourth-order valence-corrected chi connectivity index (χ4v) is 6.02. The van der Waals surface area contributed by atoms with E-state index in [4.69, 9.17) is 16.3 Å². The van der Waals surface area contributed by atoms with Gasteiger partial charge in [-0.1, -0.05) is 29.8 Å². The van der Waals surface area contributed by atoms with Crippen molar-refractivity contribution in [3.05, 3.63) is 89.1 Å². The van der Waals surface area contributed by atoms with E-state index in [1.54, 1.807) is 30.3 Å². The third-order valence-corrected chi connectivity index (χ3v) is 8.61. The van der Waals surface area contributed by atoms with Gasteiger partial charge >= 0.3 is 0 Å². The van der Waals surface area contributed by atoms with Crippen LogP contribution in [0.15, 0.2) is 77.8 Å². The summed E-state index contributed by atoms with van der Waals surface area (Å²) in [4.78, 5) is 8.25. The zero-order valence-electron chi connectivity index (χ0n) is 21.5. The maximum atomic E-state index is 13.2. The molecule has 1 aliphatic heterocycles. The lowest BCUT2D eigenvalue weighted by Gasteiger charge is -2.32. The van der Waals surface area contributed by atoms with Gasteiger partial charge in [0.25, 0.3) is 10.0 Å². The van der Waals surface area contributed by atoms with Gasteiger partial charge < -0.3 is 19.5 Å². The molecule has 38 heavy (non-hydrogen) atoms. The summed E-state index contributed by atoms with van der Waals surface area (Å²) in [6.45, 7) is 6.00. The summed E-state index contributed by atoms with van der Waals surface area (Å²) in [7, 11) is -1.62. The third-order valence-electron chi connectivity index (χ3n) is 6.99. The lowest BCUT2D eigenvalue weighted by atomic mass is 10.0. The van der Waals surface area contributed by atoms with Gasteiger partial charge in [0.1, 0.15) is 5.75 Å². The molecule has 0 unspecified atom stereocenters. The van der Waals surface area contributed by atoms with Crippen LogP contribution in [-0.4, -0.2) is 69.6 Å². The molecular weight excluding hydrogens is 520 g/mol. The van der Waals surface area contributed by atoms with E-state index in [2.05, 4.69) is 26.6 Å². The second kappa shape index (κ2) is 11.8. The first kappa shape index (κ1) is 26.6. The first-order valence-electron chi connectivity index (χ1n) is 12.9. The number of nitrogens with zero attached hydrogens (tertiary/aromatic N) is 2. The molecule has 0 aliphatic carbocycles. The second-order valence-electron chi connectivity index (χ2n) is 9.76. The molecule has 4 aromatic rings. The lowest BCUT2D eigenvalue weighted by Crippen LogP contribution is -2.44. The molecule has 2 heterocycles. The van der Waals surface area contributed by atoms with Gasteiger partial charge in [-0.2, -0.15) is 0 Å². The van der Waals surface area contributed by atoms with Gasteiger partial charge in [-0.05, 0) is 73.1 Å². The standard InChI is InChI=1S/C29H33ClN4O3S/c1-33-14-16-34(17-15-33)13-4-18-37-25-8-10-26(11-9-25)38(35,36)32-28-6-3-2-5-22(28)19-23-21-31-29-12-7-24(30)20-27(23)29/h2-3,5-12,20-21,31-32H,4,13-19H2,1H3. The molecule has 0 radical (unpaired) electrons. The quantitative estimate of drug-likeness (QED) is 0.263. The molecule has 1 saturated heterocycles. The molecule has 0 atom stereocenters. The average molecular weight is 553 g/mol. The molecule has 1 fully saturated rings. The summed E-state index contributed by atoms with van der Waals surface area (Å²) < 4.78 is 35.0. The van der Waals surface area contributed by atoms with Gasteiger partial charge in [-0.25, -0.2) is 8.42 Å². The summed E-state index contributed by atoms with van der Waals surface area (Å²) in [5.74, 6) is 0.667. The number of rotatable bonds is 10. The fourth-order valence-electron chi connectivity index (χ4n) is 4.74. The number of anilines is 1. The highest BCUT2D eigenvalue weighted by Crippen LogP contribution is 2.28. The number of hydrogen-bond donors (Lipinski definition) is 2. The van der Waals surface area contributed by atoms with Crippen molar-refractivity contribution < 1.29 is 13.2 Å². The van der Waals surface area contributed by atoms with Crippen molar-refractivity contribution in [1.82, 2.24) is 14.8 Å². The molecule has 1 aromatic heterocycles. The minimum atomic E-state index is -3.77. The van der Waals surface area contributed by atoms with E-state index in [1.165, 1.54) is 0 Å². The van der Waals surface area contributed by atoms with Crippen molar-refractivity contribution in [3.63, 3.8) is 0 Å². The normalized spacial score (nSPS) is 15.1. The highest BCUT2D eigenvalue weighted by Gasteiger charge is 2.17. The number of H-pyrrole nitrogens is 1. The number of nitrogens with one attached hydrogen (secondary N) is 2. The summed E-state index contributed by atoms with van der Waals surface area (Å²) in [5.41, 5.74) is 3.46. The van der Waals surface area contributed by atoms with Crippen LogP contribution in [0.25, 0.3) is 10.9 Å². The highest BCUT2D eigenvalue weighted by molar-refractivity contribution is 7.92. The van der Waals surface area contributed by atoms with Crippen LogP contribution in [0.5, 0.6) is 5.75 Å². The van der Waals surface area contributed by atoms with Crippen molar-refractivity contribution in [3.8, 4) is 5.75 Å². The number of halogens is 1. The molecule has 0 bridgehead atoms. The Labute approximate surface area is 229 Å². The Hall–Kier alpha value is -3.04. The van der Waals surface area contributed by atoms with Crippen LogP contribution in [0, 0.1) is 0 Å². The minimum Gasteiger partial charge on any atom is -0.494 e. The van der Waals surface area contributed by atoms with E-state index in [0.717, 1.165) is 61.2 Å². The number of likely N-dealkylation sites (N-methyl/N-ethyl adjacent to an activating group) is 1. The Balaban J connectivity index is 1.20. The van der Waals surface area contributed by atoms with Crippen LogP contribution in [0.2, 0.25) is 5.02 Å². The summed E-state index contributed by atoms with van der Waals surface area (Å²) in [6, 6.07) is 19.8. The van der Waals surface area contributed by atoms with Crippen LogP contribution in [0.3, 0.4) is 0 Å². The molecule has 5 rings (SSSR count). The number of benzene rings is 3. The SMILES string of the molecule is CN1CCN(CCCOc2ccc(S(=O)(=O)Nc3ccccc3Cc3c[nH]c4ccc(Cl)cc34)cc2)CC1. The smallest absolute Gasteiger partial charge is 0.261 e. The molecule has 0 saturated carbocycles. The van der Waals surface area contributed by atoms with E-state index in [-0.39, 0.29) is 4.90 Å². The van der Waals surface area contributed by atoms with Gasteiger partial charge in [0.05, 0.1) is 17.2 Å². The molecule has 0 amide bonds. The Kier molecular flexibility index (Phi) is 8.24. The first-order chi connectivity index (χ1) is 18.4. The third kappa shape index (κ3) is 6.50. The van der Waals surface area contributed by atoms with Crippen molar-refractivity contribution in [2.45, 2.75) is 17.7 Å². The molecule has 200 valence electrons. The number of para-hydroxylation sites is 1. The molecule has 2 N–H and O–H groups in total. The van der Waals surface area contributed by atoms with Gasteiger partial charge in [-0.3, -0.25) is 4.72 Å². The van der Waals surface area contributed by atoms with Gasteiger partial charge in [-0.15, -0.1) is 0 Å². The van der Waals surface area contributed by atoms with Crippen LogP contribution < -0.4 is 9.46 Å². The zero-order valence-corrected chi connectivity index (χ0v) is 23.1. The monoisotopic (exact) mass is 552 g/mol. The van der Waals surface area contributed by atoms with Gasteiger partial charge in [0, 0.05) is 61.3 Å². The number of aromatic amines is 1. The predicted molar refractivity (Wildman–Crippen MR) is 154 cm³/mol. The van der Waals surface area contributed by atoms with Crippen molar-refractivity contribution in [2.75, 3.05) is 51.1 Å². The first-order valence-corrected chi connectivity index (χ1v) is 14.7. The topological polar surface area (TPSA) is 77.7 Å². The Morgan fingerprint density at radius 3 is 2.53 bits per heavy atom. The second-order valence-corrected chi connectivity index (χ2v) is 11.9. The zero-order chi connectivity index (χ0) is 26.5. The molecule has 7 nitrogen and oxygen atoms in total. The van der Waals surface area contributed by atoms with Crippen LogP contribution in [0.1, 0.15) is 17.5 Å². The van der Waals surface area contributed by atoms with Crippen molar-refractivity contribution in [2.24, 2.45) is 0 Å². The van der Waals surface area contributed by atoms with E-state index in [1.807, 2.05) is 42.6 Å². The number of aromatic nitrogens is 1. The van der Waals surface area contributed by atoms with Crippen molar-refractivity contribution in [1.29, 1.82) is 0 Å². The summed E-state index contributed by atoms with van der Waals surface area (Å²) in [5, 5.41) is 1.68. The largest absolute Gasteiger partial charge is 0.494 e. The van der Waals surface area contributed by atoms with E-state index in [0.29, 0.717) is 29.5 Å². The maximum Gasteiger partial charge on any atom is 0.261 e. The highest BCUT2D eigenvalue weighted by atomic mass is 35.5. The average Bonchev–Trinajstić information content (AvgIpc) is 3.30. The van der Waals surface area contributed by atoms with Gasteiger partial charge in [0.2, 0.25) is 0 Å². The Morgan fingerprint density at radius 2 is 1.74 bits per heavy atom.